The van der Waals surface area contributed by atoms with Crippen molar-refractivity contribution < 1.29 is 14.3 Å². The predicted octanol–water partition coefficient (Wildman–Crippen LogP) is 1.37. The molecule has 1 aliphatic carbocycles. The Bertz CT molecular complexity index is 679. The van der Waals surface area contributed by atoms with Crippen LogP contribution in [-0.2, 0) is 14.3 Å². The number of nitrogens with two attached hydrogens (primary N) is 1. The average molecular weight is 315 g/mol. The summed E-state index contributed by atoms with van der Waals surface area (Å²) in [6.45, 7) is 1.59. The molecular weight excluding hydrogens is 294 g/mol. The van der Waals surface area contributed by atoms with Gasteiger partial charge in [-0.15, -0.1) is 0 Å². The zero-order valence-electron chi connectivity index (χ0n) is 13.6. The van der Waals surface area contributed by atoms with Gasteiger partial charge < -0.3 is 10.5 Å². The summed E-state index contributed by atoms with van der Waals surface area (Å²) in [5.74, 6) is -0.925. The second kappa shape index (κ2) is 5.37. The molecule has 0 aromatic heterocycles. The number of ether oxygens (including phenoxy) is 1. The van der Waals surface area contributed by atoms with Crippen molar-refractivity contribution in [3.63, 3.8) is 0 Å². The fourth-order valence-corrected chi connectivity index (χ4v) is 3.14. The molecule has 1 heterocycles. The summed E-state index contributed by atoms with van der Waals surface area (Å²) < 4.78 is 4.88. The molecule has 1 fully saturated rings. The van der Waals surface area contributed by atoms with Gasteiger partial charge in [0.2, 0.25) is 5.91 Å². The number of nitrogens with zero attached hydrogens (tertiary/aromatic N) is 2. The number of guanidine groups is 1. The van der Waals surface area contributed by atoms with Crippen molar-refractivity contribution in [3.05, 3.63) is 35.4 Å². The van der Waals surface area contributed by atoms with Crippen LogP contribution in [0, 0.1) is 0 Å². The van der Waals surface area contributed by atoms with Gasteiger partial charge in [0.15, 0.2) is 11.5 Å². The quantitative estimate of drug-likeness (QED) is 0.854. The molecule has 1 amide bonds. The Balaban J connectivity index is 2.05. The second-order valence-electron chi connectivity index (χ2n) is 6.38. The molecule has 1 aromatic carbocycles. The van der Waals surface area contributed by atoms with Crippen LogP contribution in [-0.4, -0.2) is 42.4 Å². The highest BCUT2D eigenvalue weighted by atomic mass is 16.5. The highest BCUT2D eigenvalue weighted by Crippen LogP contribution is 2.42. The zero-order chi connectivity index (χ0) is 16.8. The molecule has 122 valence electrons. The van der Waals surface area contributed by atoms with Crippen LogP contribution in [0.2, 0.25) is 0 Å². The first-order valence-corrected chi connectivity index (χ1v) is 7.69. The Morgan fingerprint density at radius 1 is 1.30 bits per heavy atom. The highest BCUT2D eigenvalue weighted by Gasteiger charge is 2.52. The molecule has 0 saturated heterocycles. The largest absolute Gasteiger partial charge is 0.467 e. The van der Waals surface area contributed by atoms with E-state index < -0.39 is 17.4 Å². The van der Waals surface area contributed by atoms with Gasteiger partial charge in [0.25, 0.3) is 0 Å². The third-order valence-corrected chi connectivity index (χ3v) is 4.75. The summed E-state index contributed by atoms with van der Waals surface area (Å²) in [4.78, 5) is 30.6. The van der Waals surface area contributed by atoms with E-state index in [0.717, 1.165) is 5.56 Å². The van der Waals surface area contributed by atoms with Crippen LogP contribution in [0.4, 0.5) is 0 Å². The molecule has 6 heteroatoms. The fraction of sp³-hybridized carbons (Fsp3) is 0.471. The minimum atomic E-state index is -1.36. The van der Waals surface area contributed by atoms with Crippen LogP contribution < -0.4 is 5.73 Å². The van der Waals surface area contributed by atoms with Crippen molar-refractivity contribution >= 4 is 17.8 Å². The first-order valence-electron chi connectivity index (χ1n) is 7.69. The van der Waals surface area contributed by atoms with Crippen LogP contribution in [0.25, 0.3) is 0 Å². The average Bonchev–Trinajstić information content (AvgIpc) is 3.37. The zero-order valence-corrected chi connectivity index (χ0v) is 13.6. The first-order chi connectivity index (χ1) is 10.9. The molecule has 6 nitrogen and oxygen atoms in total. The van der Waals surface area contributed by atoms with Gasteiger partial charge in [0.1, 0.15) is 0 Å². The van der Waals surface area contributed by atoms with Crippen molar-refractivity contribution in [2.24, 2.45) is 10.7 Å². The van der Waals surface area contributed by atoms with E-state index in [1.807, 2.05) is 24.3 Å². The summed E-state index contributed by atoms with van der Waals surface area (Å²) in [5, 5.41) is 0. The third kappa shape index (κ3) is 2.48. The van der Waals surface area contributed by atoms with E-state index in [-0.39, 0.29) is 11.9 Å². The molecule has 23 heavy (non-hydrogen) atoms. The highest BCUT2D eigenvalue weighted by molar-refractivity contribution is 6.07. The van der Waals surface area contributed by atoms with E-state index in [9.17, 15) is 9.59 Å². The Kier molecular flexibility index (Phi) is 3.62. The Morgan fingerprint density at radius 3 is 2.39 bits per heavy atom. The summed E-state index contributed by atoms with van der Waals surface area (Å²) in [6, 6.07) is 7.86. The number of aliphatic imine (C=N–C) groups is 1. The minimum Gasteiger partial charge on any atom is -0.467 e. The Labute approximate surface area is 135 Å². The first kappa shape index (κ1) is 15.5. The van der Waals surface area contributed by atoms with E-state index >= 15 is 0 Å². The van der Waals surface area contributed by atoms with E-state index in [1.165, 1.54) is 30.4 Å². The molecule has 2 aliphatic rings. The van der Waals surface area contributed by atoms with Crippen molar-refractivity contribution in [2.75, 3.05) is 14.2 Å². The van der Waals surface area contributed by atoms with E-state index in [0.29, 0.717) is 5.92 Å². The number of carbonyl (C=O) groups excluding carboxylic acids is 2. The van der Waals surface area contributed by atoms with Crippen molar-refractivity contribution in [2.45, 2.75) is 37.1 Å². The van der Waals surface area contributed by atoms with Gasteiger partial charge in [-0.05, 0) is 36.8 Å². The summed E-state index contributed by atoms with van der Waals surface area (Å²) >= 11 is 0. The van der Waals surface area contributed by atoms with Gasteiger partial charge in [-0.3, -0.25) is 9.69 Å². The molecule has 0 spiro atoms. The smallest absolute Gasteiger partial charge is 0.334 e. The standard InChI is InChI=1S/C17H21N3O3/c1-17(15(22)23-3)13(14(21)20(2)16(18)19-17)12-8-6-11(7-9-12)10-4-5-10/h6-10,13H,4-5H2,1-3H3,(H2,18,19)/t13-,17+/m1/s1. The number of methoxy groups -OCH3 is 1. The fourth-order valence-electron chi connectivity index (χ4n) is 3.14. The number of hydrogen-bond acceptors (Lipinski definition) is 5. The maximum Gasteiger partial charge on any atom is 0.334 e. The van der Waals surface area contributed by atoms with Crippen LogP contribution in [0.1, 0.15) is 42.7 Å². The minimum absolute atomic E-state index is 0.0220. The number of rotatable bonds is 3. The van der Waals surface area contributed by atoms with Gasteiger partial charge in [-0.1, -0.05) is 24.3 Å². The monoisotopic (exact) mass is 315 g/mol. The Hall–Kier alpha value is -2.37. The second-order valence-corrected chi connectivity index (χ2v) is 6.38. The number of hydrogen-bond donors (Lipinski definition) is 1. The number of esters is 1. The number of amides is 1. The van der Waals surface area contributed by atoms with Crippen molar-refractivity contribution in [1.29, 1.82) is 0 Å². The number of likely N-dealkylation sites (N-methyl/N-ethyl adjacent to an activating group) is 1. The van der Waals surface area contributed by atoms with Crippen LogP contribution in [0.15, 0.2) is 29.3 Å². The van der Waals surface area contributed by atoms with E-state index in [1.54, 1.807) is 14.0 Å². The summed E-state index contributed by atoms with van der Waals surface area (Å²) in [6.07, 6.45) is 2.43. The van der Waals surface area contributed by atoms with Gasteiger partial charge in [0.05, 0.1) is 13.0 Å². The molecule has 0 bridgehead atoms. The molecule has 3 rings (SSSR count). The molecule has 2 atom stereocenters. The lowest BCUT2D eigenvalue weighted by molar-refractivity contribution is -0.151. The lowest BCUT2D eigenvalue weighted by Gasteiger charge is -2.38. The lowest BCUT2D eigenvalue weighted by atomic mass is 9.78. The van der Waals surface area contributed by atoms with Crippen molar-refractivity contribution in [1.82, 2.24) is 4.90 Å². The Morgan fingerprint density at radius 2 is 1.87 bits per heavy atom. The molecule has 0 radical (unpaired) electrons. The SMILES string of the molecule is COC(=O)[C@@]1(C)N=C(N)N(C)C(=O)[C@H]1c1ccc(C2CC2)cc1. The molecule has 1 aliphatic heterocycles. The number of benzene rings is 1. The van der Waals surface area contributed by atoms with Crippen LogP contribution in [0.5, 0.6) is 0 Å². The van der Waals surface area contributed by atoms with Gasteiger partial charge in [0, 0.05) is 7.05 Å². The molecule has 1 saturated carbocycles. The van der Waals surface area contributed by atoms with E-state index in [2.05, 4.69) is 4.99 Å². The predicted molar refractivity (Wildman–Crippen MR) is 86.0 cm³/mol. The van der Waals surface area contributed by atoms with Gasteiger partial charge >= 0.3 is 5.97 Å². The van der Waals surface area contributed by atoms with Crippen molar-refractivity contribution in [3.8, 4) is 0 Å². The molecule has 0 unspecified atom stereocenters. The topological polar surface area (TPSA) is 85.0 Å². The van der Waals surface area contributed by atoms with Crippen LogP contribution >= 0.6 is 0 Å². The molecule has 2 N–H and O–H groups in total. The van der Waals surface area contributed by atoms with Gasteiger partial charge in [-0.25, -0.2) is 9.79 Å². The summed E-state index contributed by atoms with van der Waals surface area (Å²) in [5.41, 5.74) is 6.46. The van der Waals surface area contributed by atoms with Crippen LogP contribution in [0.3, 0.4) is 0 Å². The van der Waals surface area contributed by atoms with Gasteiger partial charge in [-0.2, -0.15) is 0 Å². The third-order valence-electron chi connectivity index (χ3n) is 4.75. The normalized spacial score (nSPS) is 27.6. The molecule has 1 aromatic rings. The molecular formula is C17H21N3O3. The lowest BCUT2D eigenvalue weighted by Crippen LogP contribution is -2.57. The maximum atomic E-state index is 12.8. The maximum absolute atomic E-state index is 12.8. The summed E-state index contributed by atoms with van der Waals surface area (Å²) in [7, 11) is 2.85. The number of carbonyl (C=O) groups is 2. The van der Waals surface area contributed by atoms with E-state index in [4.69, 9.17) is 10.5 Å².